The minimum atomic E-state index is -3.68. The Bertz CT molecular complexity index is 1130. The maximum Gasteiger partial charge on any atom is 0.243 e. The van der Waals surface area contributed by atoms with Crippen LogP contribution in [0.3, 0.4) is 0 Å². The van der Waals surface area contributed by atoms with Crippen LogP contribution in [0, 0.1) is 12.3 Å². The molecule has 2 aromatic rings. The average Bonchev–Trinajstić information content (AvgIpc) is 2.84. The number of piperidine rings is 1. The average molecular weight is 520 g/mol. The standard InChI is InChI=1S/C26H34ClN3O4S/c1-21-5-3-6-24(17-21)35(32,33)30-12-4-11-26(19-30,20-34-23-9-7-22(27)8-10-23)18-25(31)29-15-13-28(2)14-16-29/h3,5-10,17H,4,11-16,18-20H2,1-2H3. The van der Waals surface area contributed by atoms with Crippen molar-refractivity contribution in [3.05, 3.63) is 59.1 Å². The molecular formula is C26H34ClN3O4S. The lowest BCUT2D eigenvalue weighted by atomic mass is 9.78. The van der Waals surface area contributed by atoms with Crippen molar-refractivity contribution in [1.82, 2.24) is 14.1 Å². The lowest BCUT2D eigenvalue weighted by molar-refractivity contribution is -0.136. The van der Waals surface area contributed by atoms with E-state index in [1.165, 1.54) is 4.31 Å². The lowest BCUT2D eigenvalue weighted by Gasteiger charge is -2.43. The Labute approximate surface area is 213 Å². The second-order valence-corrected chi connectivity index (χ2v) is 12.2. The van der Waals surface area contributed by atoms with Crippen molar-refractivity contribution < 1.29 is 17.9 Å². The molecule has 2 saturated heterocycles. The van der Waals surface area contributed by atoms with E-state index in [4.69, 9.17) is 16.3 Å². The largest absolute Gasteiger partial charge is 0.493 e. The van der Waals surface area contributed by atoms with E-state index in [1.54, 1.807) is 42.5 Å². The maximum atomic E-state index is 13.5. The van der Waals surface area contributed by atoms with Gasteiger partial charge in [0.05, 0.1) is 11.5 Å². The molecule has 9 heteroatoms. The Hall–Kier alpha value is -2.13. The first kappa shape index (κ1) is 25.9. The van der Waals surface area contributed by atoms with Gasteiger partial charge in [0.25, 0.3) is 0 Å². The minimum absolute atomic E-state index is 0.0626. The van der Waals surface area contributed by atoms with Gasteiger partial charge in [0.2, 0.25) is 15.9 Å². The van der Waals surface area contributed by atoms with Crippen LogP contribution in [-0.4, -0.2) is 81.4 Å². The molecule has 0 aliphatic carbocycles. The van der Waals surface area contributed by atoms with Gasteiger partial charge in [-0.05, 0) is 68.8 Å². The topological polar surface area (TPSA) is 70.2 Å². The molecule has 190 valence electrons. The van der Waals surface area contributed by atoms with Crippen LogP contribution in [0.15, 0.2) is 53.4 Å². The van der Waals surface area contributed by atoms with E-state index in [0.29, 0.717) is 36.8 Å². The Kier molecular flexibility index (Phi) is 8.06. The molecule has 0 aromatic heterocycles. The number of hydrogen-bond acceptors (Lipinski definition) is 5. The highest BCUT2D eigenvalue weighted by molar-refractivity contribution is 7.89. The number of hydrogen-bond donors (Lipinski definition) is 0. The van der Waals surface area contributed by atoms with Crippen LogP contribution in [0.4, 0.5) is 0 Å². The molecule has 2 aromatic carbocycles. The highest BCUT2D eigenvalue weighted by atomic mass is 35.5. The van der Waals surface area contributed by atoms with E-state index in [9.17, 15) is 13.2 Å². The number of nitrogens with zero attached hydrogens (tertiary/aromatic N) is 3. The second kappa shape index (κ2) is 10.9. The summed E-state index contributed by atoms with van der Waals surface area (Å²) in [5.74, 6) is 0.715. The highest BCUT2D eigenvalue weighted by Gasteiger charge is 2.43. The van der Waals surface area contributed by atoms with Gasteiger partial charge < -0.3 is 14.5 Å². The quantitative estimate of drug-likeness (QED) is 0.558. The fourth-order valence-electron chi connectivity index (χ4n) is 4.86. The van der Waals surface area contributed by atoms with Crippen LogP contribution in [0.5, 0.6) is 5.75 Å². The van der Waals surface area contributed by atoms with E-state index in [-0.39, 0.29) is 30.4 Å². The van der Waals surface area contributed by atoms with Gasteiger partial charge >= 0.3 is 0 Å². The number of halogens is 1. The molecule has 2 aliphatic rings. The van der Waals surface area contributed by atoms with Crippen molar-refractivity contribution in [3.63, 3.8) is 0 Å². The summed E-state index contributed by atoms with van der Waals surface area (Å²) in [7, 11) is -1.63. The Morgan fingerprint density at radius 3 is 2.46 bits per heavy atom. The lowest BCUT2D eigenvalue weighted by Crippen LogP contribution is -2.53. The van der Waals surface area contributed by atoms with Crippen LogP contribution in [0.25, 0.3) is 0 Å². The van der Waals surface area contributed by atoms with E-state index >= 15 is 0 Å². The number of amides is 1. The molecular weight excluding hydrogens is 486 g/mol. The van der Waals surface area contributed by atoms with Gasteiger partial charge in [-0.1, -0.05) is 23.7 Å². The van der Waals surface area contributed by atoms with E-state index in [0.717, 1.165) is 25.1 Å². The zero-order valence-corrected chi connectivity index (χ0v) is 22.0. The molecule has 1 atom stereocenters. The third kappa shape index (κ3) is 6.36. The summed E-state index contributed by atoms with van der Waals surface area (Å²) < 4.78 is 34.7. The molecule has 0 saturated carbocycles. The SMILES string of the molecule is Cc1cccc(S(=O)(=O)N2CCCC(COc3ccc(Cl)cc3)(CC(=O)N3CCN(C)CC3)C2)c1. The van der Waals surface area contributed by atoms with Crippen LogP contribution in [0.1, 0.15) is 24.8 Å². The molecule has 0 bridgehead atoms. The monoisotopic (exact) mass is 519 g/mol. The van der Waals surface area contributed by atoms with Crippen molar-refractivity contribution in [1.29, 1.82) is 0 Å². The Morgan fingerprint density at radius 1 is 1.06 bits per heavy atom. The number of ether oxygens (including phenoxy) is 1. The smallest absolute Gasteiger partial charge is 0.243 e. The highest BCUT2D eigenvalue weighted by Crippen LogP contribution is 2.37. The third-order valence-corrected chi connectivity index (χ3v) is 9.09. The maximum absolute atomic E-state index is 13.5. The summed E-state index contributed by atoms with van der Waals surface area (Å²) in [6, 6.07) is 14.1. The predicted molar refractivity (Wildman–Crippen MR) is 137 cm³/mol. The van der Waals surface area contributed by atoms with Crippen molar-refractivity contribution in [2.75, 3.05) is 52.9 Å². The zero-order valence-electron chi connectivity index (χ0n) is 20.5. The molecule has 0 radical (unpaired) electrons. The summed E-state index contributed by atoms with van der Waals surface area (Å²) in [6.45, 7) is 5.88. The first-order valence-electron chi connectivity index (χ1n) is 12.1. The first-order valence-corrected chi connectivity index (χ1v) is 13.9. The number of carbonyl (C=O) groups excluding carboxylic acids is 1. The van der Waals surface area contributed by atoms with Crippen LogP contribution in [0.2, 0.25) is 5.02 Å². The number of likely N-dealkylation sites (N-methyl/N-ethyl adjacent to an activating group) is 1. The molecule has 7 nitrogen and oxygen atoms in total. The number of benzene rings is 2. The Balaban J connectivity index is 1.57. The molecule has 2 heterocycles. The summed E-state index contributed by atoms with van der Waals surface area (Å²) in [4.78, 5) is 17.8. The van der Waals surface area contributed by atoms with Crippen LogP contribution in [-0.2, 0) is 14.8 Å². The molecule has 2 aliphatic heterocycles. The number of aryl methyl sites for hydroxylation is 1. The summed E-state index contributed by atoms with van der Waals surface area (Å²) in [5, 5.41) is 0.616. The van der Waals surface area contributed by atoms with E-state index < -0.39 is 15.4 Å². The van der Waals surface area contributed by atoms with Gasteiger partial charge in [0, 0.05) is 56.1 Å². The van der Waals surface area contributed by atoms with Gasteiger partial charge in [0.1, 0.15) is 5.75 Å². The van der Waals surface area contributed by atoms with Crippen LogP contribution >= 0.6 is 11.6 Å². The van der Waals surface area contributed by atoms with Crippen LogP contribution < -0.4 is 4.74 Å². The van der Waals surface area contributed by atoms with Crippen molar-refractivity contribution in [2.45, 2.75) is 31.1 Å². The fourth-order valence-corrected chi connectivity index (χ4v) is 6.68. The van der Waals surface area contributed by atoms with Gasteiger partial charge in [-0.3, -0.25) is 4.79 Å². The van der Waals surface area contributed by atoms with Gasteiger partial charge in [-0.25, -0.2) is 8.42 Å². The first-order chi connectivity index (χ1) is 16.7. The Morgan fingerprint density at radius 2 is 1.77 bits per heavy atom. The van der Waals surface area contributed by atoms with E-state index in [1.807, 2.05) is 17.9 Å². The van der Waals surface area contributed by atoms with E-state index in [2.05, 4.69) is 11.9 Å². The molecule has 0 N–H and O–H groups in total. The number of carbonyl (C=O) groups is 1. The summed E-state index contributed by atoms with van der Waals surface area (Å²) in [6.07, 6.45) is 1.65. The molecule has 2 fully saturated rings. The van der Waals surface area contributed by atoms with Crippen molar-refractivity contribution >= 4 is 27.5 Å². The van der Waals surface area contributed by atoms with Gasteiger partial charge in [-0.15, -0.1) is 0 Å². The zero-order chi connectivity index (χ0) is 25.1. The normalized spacial score (nSPS) is 22.2. The van der Waals surface area contributed by atoms with Gasteiger partial charge in [-0.2, -0.15) is 4.31 Å². The minimum Gasteiger partial charge on any atom is -0.493 e. The van der Waals surface area contributed by atoms with Crippen molar-refractivity contribution in [2.24, 2.45) is 5.41 Å². The summed E-state index contributed by atoms with van der Waals surface area (Å²) >= 11 is 6.01. The fraction of sp³-hybridized carbons (Fsp3) is 0.500. The second-order valence-electron chi connectivity index (χ2n) is 9.86. The molecule has 35 heavy (non-hydrogen) atoms. The molecule has 4 rings (SSSR count). The number of sulfonamides is 1. The summed E-state index contributed by atoms with van der Waals surface area (Å²) in [5.41, 5.74) is 0.278. The predicted octanol–water partition coefficient (Wildman–Crippen LogP) is 3.66. The number of rotatable bonds is 7. The molecule has 1 unspecified atom stereocenters. The molecule has 0 spiro atoms. The number of piperazine rings is 1. The molecule has 1 amide bonds. The van der Waals surface area contributed by atoms with Gasteiger partial charge in [0.15, 0.2) is 0 Å². The third-order valence-electron chi connectivity index (χ3n) is 6.99. The van der Waals surface area contributed by atoms with Crippen molar-refractivity contribution in [3.8, 4) is 5.75 Å².